The molecule has 1 atom stereocenters. The Morgan fingerprint density at radius 3 is 2.56 bits per heavy atom. The lowest BCUT2D eigenvalue weighted by Crippen LogP contribution is -2.48. The SMILES string of the molecule is Cc1ccc(C2CC(=O)N2CC(=O)O)cc1. The van der Waals surface area contributed by atoms with Crippen LogP contribution in [0, 0.1) is 6.92 Å². The first-order valence-electron chi connectivity index (χ1n) is 5.16. The number of benzene rings is 1. The van der Waals surface area contributed by atoms with Gasteiger partial charge in [-0.3, -0.25) is 9.59 Å². The number of hydrogen-bond donors (Lipinski definition) is 1. The molecule has 0 aliphatic carbocycles. The first-order valence-corrected chi connectivity index (χ1v) is 5.16. The number of likely N-dealkylation sites (tertiary alicyclic amines) is 1. The van der Waals surface area contributed by atoms with E-state index in [9.17, 15) is 9.59 Å². The number of β-lactam (4-membered cyclic amide) rings is 1. The van der Waals surface area contributed by atoms with Crippen LogP contribution < -0.4 is 0 Å². The maximum absolute atomic E-state index is 11.3. The molecule has 1 amide bonds. The Bertz CT molecular complexity index is 424. The molecule has 0 bridgehead atoms. The van der Waals surface area contributed by atoms with Crippen LogP contribution in [0.2, 0.25) is 0 Å². The van der Waals surface area contributed by atoms with Crippen molar-refractivity contribution in [2.45, 2.75) is 19.4 Å². The number of carbonyl (C=O) groups is 2. The average Bonchev–Trinajstić information content (AvgIpc) is 2.24. The average molecular weight is 219 g/mol. The molecule has 1 aliphatic rings. The molecule has 1 aliphatic heterocycles. The van der Waals surface area contributed by atoms with Crippen molar-refractivity contribution in [1.82, 2.24) is 4.90 Å². The van der Waals surface area contributed by atoms with Crippen LogP contribution in [0.1, 0.15) is 23.6 Å². The number of carboxylic acid groups (broad SMARTS) is 1. The van der Waals surface area contributed by atoms with E-state index in [-0.39, 0.29) is 18.5 Å². The molecule has 0 spiro atoms. The van der Waals surface area contributed by atoms with Crippen LogP contribution in [-0.2, 0) is 9.59 Å². The first-order chi connectivity index (χ1) is 7.58. The van der Waals surface area contributed by atoms with Gasteiger partial charge in [-0.1, -0.05) is 29.8 Å². The molecule has 0 saturated carbocycles. The summed E-state index contributed by atoms with van der Waals surface area (Å²) in [5.41, 5.74) is 2.16. The number of rotatable bonds is 3. The van der Waals surface area contributed by atoms with Gasteiger partial charge in [0, 0.05) is 0 Å². The quantitative estimate of drug-likeness (QED) is 0.781. The number of amides is 1. The fourth-order valence-electron chi connectivity index (χ4n) is 1.88. The van der Waals surface area contributed by atoms with Gasteiger partial charge in [-0.15, -0.1) is 0 Å². The van der Waals surface area contributed by atoms with Crippen LogP contribution >= 0.6 is 0 Å². The highest BCUT2D eigenvalue weighted by atomic mass is 16.4. The van der Waals surface area contributed by atoms with Crippen LogP contribution in [0.4, 0.5) is 0 Å². The fourth-order valence-corrected chi connectivity index (χ4v) is 1.88. The highest BCUT2D eigenvalue weighted by molar-refractivity contribution is 5.87. The number of carboxylic acids is 1. The summed E-state index contributed by atoms with van der Waals surface area (Å²) in [6, 6.07) is 7.76. The van der Waals surface area contributed by atoms with E-state index in [0.717, 1.165) is 11.1 Å². The Morgan fingerprint density at radius 1 is 1.44 bits per heavy atom. The van der Waals surface area contributed by atoms with Gasteiger partial charge in [0.05, 0.1) is 12.5 Å². The van der Waals surface area contributed by atoms with Gasteiger partial charge in [0.15, 0.2) is 0 Å². The Kier molecular flexibility index (Phi) is 2.64. The summed E-state index contributed by atoms with van der Waals surface area (Å²) in [6.07, 6.45) is 0.413. The molecule has 0 aromatic heterocycles. The lowest BCUT2D eigenvalue weighted by molar-refractivity contribution is -0.155. The van der Waals surface area contributed by atoms with Crippen molar-refractivity contribution in [2.75, 3.05) is 6.54 Å². The van der Waals surface area contributed by atoms with Gasteiger partial charge in [-0.05, 0) is 12.5 Å². The van der Waals surface area contributed by atoms with E-state index in [4.69, 9.17) is 5.11 Å². The minimum atomic E-state index is -0.967. The van der Waals surface area contributed by atoms with E-state index in [1.807, 2.05) is 31.2 Å². The molecule has 1 N–H and O–H groups in total. The molecular weight excluding hydrogens is 206 g/mol. The third-order valence-corrected chi connectivity index (χ3v) is 2.83. The summed E-state index contributed by atoms with van der Waals surface area (Å²) < 4.78 is 0. The highest BCUT2D eigenvalue weighted by Gasteiger charge is 2.37. The van der Waals surface area contributed by atoms with Crippen molar-refractivity contribution in [2.24, 2.45) is 0 Å². The van der Waals surface area contributed by atoms with Crippen LogP contribution in [0.25, 0.3) is 0 Å². The van der Waals surface area contributed by atoms with E-state index in [1.54, 1.807) is 0 Å². The second-order valence-electron chi connectivity index (χ2n) is 4.05. The van der Waals surface area contributed by atoms with Gasteiger partial charge in [0.2, 0.25) is 5.91 Å². The summed E-state index contributed by atoms with van der Waals surface area (Å²) in [7, 11) is 0. The normalized spacial score (nSPS) is 19.4. The van der Waals surface area contributed by atoms with Crippen LogP contribution in [-0.4, -0.2) is 28.4 Å². The molecule has 2 rings (SSSR count). The molecule has 4 nitrogen and oxygen atoms in total. The van der Waals surface area contributed by atoms with Crippen molar-refractivity contribution >= 4 is 11.9 Å². The predicted octanol–water partition coefficient (Wildman–Crippen LogP) is 1.35. The lowest BCUT2D eigenvalue weighted by atomic mass is 9.93. The van der Waals surface area contributed by atoms with Gasteiger partial charge >= 0.3 is 5.97 Å². The van der Waals surface area contributed by atoms with E-state index < -0.39 is 5.97 Å². The second kappa shape index (κ2) is 3.96. The van der Waals surface area contributed by atoms with Crippen molar-refractivity contribution in [3.63, 3.8) is 0 Å². The van der Waals surface area contributed by atoms with Gasteiger partial charge < -0.3 is 10.0 Å². The van der Waals surface area contributed by atoms with Crippen LogP contribution in [0.5, 0.6) is 0 Å². The van der Waals surface area contributed by atoms with E-state index in [2.05, 4.69) is 0 Å². The number of carbonyl (C=O) groups excluding carboxylic acids is 1. The summed E-state index contributed by atoms with van der Waals surface area (Å²) >= 11 is 0. The minimum Gasteiger partial charge on any atom is -0.480 e. The van der Waals surface area contributed by atoms with E-state index in [0.29, 0.717) is 6.42 Å². The molecule has 84 valence electrons. The van der Waals surface area contributed by atoms with Crippen molar-refractivity contribution in [1.29, 1.82) is 0 Å². The van der Waals surface area contributed by atoms with Crippen LogP contribution in [0.3, 0.4) is 0 Å². The number of hydrogen-bond acceptors (Lipinski definition) is 2. The Hall–Kier alpha value is -1.84. The standard InChI is InChI=1S/C12H13NO3/c1-8-2-4-9(5-3-8)10-6-11(14)13(10)7-12(15)16/h2-5,10H,6-7H2,1H3,(H,15,16). The third kappa shape index (κ3) is 1.91. The molecule has 1 aromatic rings. The van der Waals surface area contributed by atoms with Crippen LogP contribution in [0.15, 0.2) is 24.3 Å². The van der Waals surface area contributed by atoms with Gasteiger partial charge in [-0.25, -0.2) is 0 Å². The molecule has 4 heteroatoms. The van der Waals surface area contributed by atoms with Gasteiger partial charge in [0.1, 0.15) is 6.54 Å². The van der Waals surface area contributed by atoms with Crippen molar-refractivity contribution < 1.29 is 14.7 Å². The molecule has 1 saturated heterocycles. The lowest BCUT2D eigenvalue weighted by Gasteiger charge is -2.39. The van der Waals surface area contributed by atoms with E-state index >= 15 is 0 Å². The van der Waals surface area contributed by atoms with Gasteiger partial charge in [0.25, 0.3) is 0 Å². The smallest absolute Gasteiger partial charge is 0.323 e. The summed E-state index contributed by atoms with van der Waals surface area (Å²) in [4.78, 5) is 23.3. The molecule has 1 fully saturated rings. The molecule has 0 radical (unpaired) electrons. The summed E-state index contributed by atoms with van der Waals surface area (Å²) in [5, 5.41) is 8.68. The topological polar surface area (TPSA) is 57.6 Å². The zero-order valence-electron chi connectivity index (χ0n) is 9.01. The first kappa shape index (κ1) is 10.7. The van der Waals surface area contributed by atoms with Crippen molar-refractivity contribution in [3.8, 4) is 0 Å². The highest BCUT2D eigenvalue weighted by Crippen LogP contribution is 2.33. The Morgan fingerprint density at radius 2 is 2.06 bits per heavy atom. The largest absolute Gasteiger partial charge is 0.480 e. The second-order valence-corrected chi connectivity index (χ2v) is 4.05. The minimum absolute atomic E-state index is 0.0656. The maximum atomic E-state index is 11.3. The molecule has 1 aromatic carbocycles. The van der Waals surface area contributed by atoms with Crippen molar-refractivity contribution in [3.05, 3.63) is 35.4 Å². The molecule has 16 heavy (non-hydrogen) atoms. The molecule has 1 heterocycles. The number of aliphatic carboxylic acids is 1. The van der Waals surface area contributed by atoms with E-state index in [1.165, 1.54) is 4.90 Å². The zero-order chi connectivity index (χ0) is 11.7. The predicted molar refractivity (Wildman–Crippen MR) is 57.9 cm³/mol. The number of aryl methyl sites for hydroxylation is 1. The fraction of sp³-hybridized carbons (Fsp3) is 0.333. The Balaban J connectivity index is 2.13. The molecular formula is C12H13NO3. The monoisotopic (exact) mass is 219 g/mol. The summed E-state index contributed by atoms with van der Waals surface area (Å²) in [5.74, 6) is -1.06. The molecule has 1 unspecified atom stereocenters. The van der Waals surface area contributed by atoms with Gasteiger partial charge in [-0.2, -0.15) is 0 Å². The zero-order valence-corrected chi connectivity index (χ0v) is 9.01. The Labute approximate surface area is 93.5 Å². The maximum Gasteiger partial charge on any atom is 0.323 e. The number of nitrogens with zero attached hydrogens (tertiary/aromatic N) is 1. The summed E-state index contributed by atoms with van der Waals surface area (Å²) in [6.45, 7) is 1.78. The third-order valence-electron chi connectivity index (χ3n) is 2.83.